The Morgan fingerprint density at radius 3 is 2.52 bits per heavy atom. The molecule has 0 radical (unpaired) electrons. The van der Waals surface area contributed by atoms with E-state index in [-0.39, 0.29) is 11.5 Å². The lowest BCUT2D eigenvalue weighted by molar-refractivity contribution is 0.130. The van der Waals surface area contributed by atoms with Gasteiger partial charge < -0.3 is 25.2 Å². The lowest BCUT2D eigenvalue weighted by Crippen LogP contribution is -2.43. The van der Waals surface area contributed by atoms with E-state index >= 15 is 0 Å². The molecule has 0 saturated carbocycles. The van der Waals surface area contributed by atoms with Crippen LogP contribution in [0.25, 0.3) is 0 Å². The Bertz CT molecular complexity index is 542. The molecule has 1 aromatic carbocycles. The van der Waals surface area contributed by atoms with Crippen molar-refractivity contribution in [3.8, 4) is 5.75 Å². The zero-order valence-corrected chi connectivity index (χ0v) is 17.5. The van der Waals surface area contributed by atoms with E-state index in [0.29, 0.717) is 6.54 Å². The third kappa shape index (κ3) is 10.8. The minimum atomic E-state index is -0.319. The average Bonchev–Trinajstić information content (AvgIpc) is 2.62. The predicted molar refractivity (Wildman–Crippen MR) is 111 cm³/mol. The van der Waals surface area contributed by atoms with Gasteiger partial charge in [-0.15, -0.1) is 0 Å². The Morgan fingerprint density at radius 1 is 1.22 bits per heavy atom. The van der Waals surface area contributed by atoms with Gasteiger partial charge in [-0.2, -0.15) is 0 Å². The van der Waals surface area contributed by atoms with E-state index < -0.39 is 0 Å². The largest absolute Gasteiger partial charge is 0.497 e. The quantitative estimate of drug-likeness (QED) is 0.296. The fourth-order valence-corrected chi connectivity index (χ4v) is 2.80. The van der Waals surface area contributed by atoms with Crippen LogP contribution in [-0.2, 0) is 11.3 Å². The molecule has 0 aliphatic carbocycles. The molecule has 3 N–H and O–H groups in total. The van der Waals surface area contributed by atoms with Crippen LogP contribution in [-0.4, -0.2) is 50.6 Å². The maximum atomic E-state index is 9.67. The SMILES string of the molecule is CCOCCCNC(=NCc1ccc(OC)cc1)NCC(C)(C)CC(C)O. The zero-order chi connectivity index (χ0) is 20.1. The normalized spacial score (nSPS) is 13.3. The molecule has 27 heavy (non-hydrogen) atoms. The Kier molecular flexibility index (Phi) is 10.8. The van der Waals surface area contributed by atoms with Gasteiger partial charge in [-0.1, -0.05) is 26.0 Å². The van der Waals surface area contributed by atoms with Crippen molar-refractivity contribution >= 4 is 5.96 Å². The molecular weight excluding hydrogens is 342 g/mol. The molecule has 0 aliphatic rings. The number of aliphatic imine (C=N–C) groups is 1. The van der Waals surface area contributed by atoms with Gasteiger partial charge in [0.2, 0.25) is 0 Å². The lowest BCUT2D eigenvalue weighted by atomic mass is 9.87. The van der Waals surface area contributed by atoms with Gasteiger partial charge in [0.1, 0.15) is 5.75 Å². The molecule has 1 rings (SSSR count). The number of benzene rings is 1. The van der Waals surface area contributed by atoms with Gasteiger partial charge in [0, 0.05) is 26.3 Å². The highest BCUT2D eigenvalue weighted by Crippen LogP contribution is 2.21. The average molecular weight is 380 g/mol. The van der Waals surface area contributed by atoms with Gasteiger partial charge in [0.05, 0.1) is 19.8 Å². The Balaban J connectivity index is 2.64. The molecule has 0 heterocycles. The van der Waals surface area contributed by atoms with Crippen LogP contribution in [0, 0.1) is 5.41 Å². The van der Waals surface area contributed by atoms with Crippen LogP contribution in [0.3, 0.4) is 0 Å². The van der Waals surface area contributed by atoms with Crippen molar-refractivity contribution in [3.63, 3.8) is 0 Å². The van der Waals surface area contributed by atoms with Gasteiger partial charge in [-0.25, -0.2) is 4.99 Å². The van der Waals surface area contributed by atoms with E-state index in [1.165, 1.54) is 0 Å². The molecule has 0 aromatic heterocycles. The monoisotopic (exact) mass is 379 g/mol. The lowest BCUT2D eigenvalue weighted by Gasteiger charge is -2.27. The summed E-state index contributed by atoms with van der Waals surface area (Å²) in [5, 5.41) is 16.5. The number of methoxy groups -OCH3 is 1. The van der Waals surface area contributed by atoms with Crippen molar-refractivity contribution in [2.75, 3.05) is 33.4 Å². The summed E-state index contributed by atoms with van der Waals surface area (Å²) < 4.78 is 10.6. The molecule has 6 nitrogen and oxygen atoms in total. The highest BCUT2D eigenvalue weighted by Gasteiger charge is 2.20. The topological polar surface area (TPSA) is 75.1 Å². The summed E-state index contributed by atoms with van der Waals surface area (Å²) in [5.74, 6) is 1.62. The summed E-state index contributed by atoms with van der Waals surface area (Å²) >= 11 is 0. The van der Waals surface area contributed by atoms with Crippen molar-refractivity contribution in [2.45, 2.75) is 53.2 Å². The molecule has 0 spiro atoms. The van der Waals surface area contributed by atoms with Crippen molar-refractivity contribution in [2.24, 2.45) is 10.4 Å². The van der Waals surface area contributed by atoms with Crippen LogP contribution >= 0.6 is 0 Å². The van der Waals surface area contributed by atoms with Crippen LogP contribution in [0.1, 0.15) is 46.1 Å². The smallest absolute Gasteiger partial charge is 0.191 e. The van der Waals surface area contributed by atoms with Crippen LogP contribution in [0.5, 0.6) is 5.75 Å². The molecule has 6 heteroatoms. The van der Waals surface area contributed by atoms with Crippen LogP contribution in [0.2, 0.25) is 0 Å². The first kappa shape index (κ1) is 23.2. The standard InChI is InChI=1S/C21H37N3O3/c1-6-27-13-7-12-22-20(24-16-21(3,4)14-17(2)25)23-15-18-8-10-19(26-5)11-9-18/h8-11,17,25H,6-7,12-16H2,1-5H3,(H2,22,23,24). The zero-order valence-electron chi connectivity index (χ0n) is 17.5. The van der Waals surface area contributed by atoms with E-state index in [2.05, 4.69) is 24.5 Å². The van der Waals surface area contributed by atoms with Crippen molar-refractivity contribution < 1.29 is 14.6 Å². The van der Waals surface area contributed by atoms with E-state index in [0.717, 1.165) is 56.4 Å². The maximum Gasteiger partial charge on any atom is 0.191 e. The number of aliphatic hydroxyl groups excluding tert-OH is 1. The van der Waals surface area contributed by atoms with Gasteiger partial charge in [-0.3, -0.25) is 0 Å². The first-order chi connectivity index (χ1) is 12.9. The molecule has 1 unspecified atom stereocenters. The molecule has 0 bridgehead atoms. The minimum Gasteiger partial charge on any atom is -0.497 e. The Morgan fingerprint density at radius 2 is 1.93 bits per heavy atom. The third-order valence-corrected chi connectivity index (χ3v) is 4.12. The van der Waals surface area contributed by atoms with E-state index in [9.17, 15) is 5.11 Å². The summed E-state index contributed by atoms with van der Waals surface area (Å²) in [6, 6.07) is 7.93. The highest BCUT2D eigenvalue weighted by atomic mass is 16.5. The Labute approximate surface area is 164 Å². The van der Waals surface area contributed by atoms with Crippen molar-refractivity contribution in [1.29, 1.82) is 0 Å². The van der Waals surface area contributed by atoms with Gasteiger partial charge >= 0.3 is 0 Å². The van der Waals surface area contributed by atoms with Crippen molar-refractivity contribution in [1.82, 2.24) is 10.6 Å². The number of nitrogens with zero attached hydrogens (tertiary/aromatic N) is 1. The molecule has 1 aromatic rings. The molecule has 0 aliphatic heterocycles. The van der Waals surface area contributed by atoms with Gasteiger partial charge in [-0.05, 0) is 49.8 Å². The second-order valence-corrected chi connectivity index (χ2v) is 7.56. The summed E-state index contributed by atoms with van der Waals surface area (Å²) in [6.45, 7) is 11.7. The number of hydrogen-bond donors (Lipinski definition) is 3. The van der Waals surface area contributed by atoms with Crippen LogP contribution in [0.15, 0.2) is 29.3 Å². The molecular formula is C21H37N3O3. The number of aliphatic hydroxyl groups is 1. The second-order valence-electron chi connectivity index (χ2n) is 7.56. The summed E-state index contributed by atoms with van der Waals surface area (Å²) in [4.78, 5) is 4.70. The Hall–Kier alpha value is -1.79. The second kappa shape index (κ2) is 12.6. The maximum absolute atomic E-state index is 9.67. The third-order valence-electron chi connectivity index (χ3n) is 4.12. The van der Waals surface area contributed by atoms with Crippen LogP contribution in [0.4, 0.5) is 0 Å². The summed E-state index contributed by atoms with van der Waals surface area (Å²) in [7, 11) is 1.66. The van der Waals surface area contributed by atoms with Crippen LogP contribution < -0.4 is 15.4 Å². The summed E-state index contributed by atoms with van der Waals surface area (Å²) in [6.07, 6.45) is 1.34. The number of nitrogens with one attached hydrogen (secondary N) is 2. The fourth-order valence-electron chi connectivity index (χ4n) is 2.80. The van der Waals surface area contributed by atoms with E-state index in [1.807, 2.05) is 38.1 Å². The van der Waals surface area contributed by atoms with E-state index in [1.54, 1.807) is 7.11 Å². The van der Waals surface area contributed by atoms with Gasteiger partial charge in [0.25, 0.3) is 0 Å². The molecule has 1 atom stereocenters. The first-order valence-corrected chi connectivity index (χ1v) is 9.77. The highest BCUT2D eigenvalue weighted by molar-refractivity contribution is 5.79. The number of hydrogen-bond acceptors (Lipinski definition) is 4. The van der Waals surface area contributed by atoms with Crippen molar-refractivity contribution in [3.05, 3.63) is 29.8 Å². The summed E-state index contributed by atoms with van der Waals surface area (Å²) in [5.41, 5.74) is 1.09. The predicted octanol–water partition coefficient (Wildman–Crippen LogP) is 2.95. The molecule has 154 valence electrons. The number of rotatable bonds is 12. The molecule has 0 saturated heterocycles. The fraction of sp³-hybridized carbons (Fsp3) is 0.667. The number of ether oxygens (including phenoxy) is 2. The minimum absolute atomic E-state index is 0.0257. The first-order valence-electron chi connectivity index (χ1n) is 9.77. The van der Waals surface area contributed by atoms with Gasteiger partial charge in [0.15, 0.2) is 5.96 Å². The van der Waals surface area contributed by atoms with E-state index in [4.69, 9.17) is 14.5 Å². The number of guanidine groups is 1. The molecule has 0 fully saturated rings. The molecule has 0 amide bonds.